The van der Waals surface area contributed by atoms with Gasteiger partial charge in [0.05, 0.1) is 5.56 Å². The molecule has 5 nitrogen and oxygen atoms in total. The van der Waals surface area contributed by atoms with Gasteiger partial charge in [-0.3, -0.25) is 0 Å². The number of alkyl halides is 3. The molecular formula is C26H35F3N4O. The molecule has 0 bridgehead atoms. The number of benzene rings is 2. The summed E-state index contributed by atoms with van der Waals surface area (Å²) >= 11 is 0. The summed E-state index contributed by atoms with van der Waals surface area (Å²) in [5.74, 6) is 0.0458. The zero-order valence-corrected chi connectivity index (χ0v) is 19.9. The van der Waals surface area contributed by atoms with Gasteiger partial charge < -0.3 is 10.8 Å². The molecule has 0 aliphatic rings. The van der Waals surface area contributed by atoms with Crippen LogP contribution in [0.2, 0.25) is 0 Å². The van der Waals surface area contributed by atoms with Gasteiger partial charge in [0, 0.05) is 6.54 Å². The van der Waals surface area contributed by atoms with Crippen molar-refractivity contribution in [3.05, 3.63) is 47.0 Å². The van der Waals surface area contributed by atoms with E-state index in [0.29, 0.717) is 17.6 Å². The third kappa shape index (κ3) is 6.95. The molecule has 1 aromatic heterocycles. The second-order valence-corrected chi connectivity index (χ2v) is 8.95. The predicted octanol–water partition coefficient (Wildman–Crippen LogP) is 7.07. The first-order valence-electron chi connectivity index (χ1n) is 12.3. The molecule has 0 saturated carbocycles. The van der Waals surface area contributed by atoms with Crippen LogP contribution in [0.4, 0.5) is 13.2 Å². The standard InChI is InChI=1S/C26H35F3N4O/c1-2-3-4-5-6-7-8-9-10-11-12-20-15-19(18-30)16-24(25(20)34)33-31-22-14-13-21(26(27,28)29)17-23(22)32-33/h13-17,34H,2-12,18,30H2,1H3. The molecule has 3 aromatic rings. The van der Waals surface area contributed by atoms with Crippen LogP contribution in [0.15, 0.2) is 30.3 Å². The Bertz CT molecular complexity index is 1060. The summed E-state index contributed by atoms with van der Waals surface area (Å²) in [6.45, 7) is 2.50. The second kappa shape index (κ2) is 12.2. The summed E-state index contributed by atoms with van der Waals surface area (Å²) in [5.41, 5.74) is 7.41. The summed E-state index contributed by atoms with van der Waals surface area (Å²) in [5, 5.41) is 19.4. The Balaban J connectivity index is 1.65. The van der Waals surface area contributed by atoms with E-state index in [-0.39, 0.29) is 17.8 Å². The monoisotopic (exact) mass is 476 g/mol. The topological polar surface area (TPSA) is 77.0 Å². The normalized spacial score (nSPS) is 12.0. The summed E-state index contributed by atoms with van der Waals surface area (Å²) in [6, 6.07) is 6.80. The van der Waals surface area contributed by atoms with E-state index in [0.717, 1.165) is 36.1 Å². The molecule has 0 amide bonds. The van der Waals surface area contributed by atoms with Crippen molar-refractivity contribution in [2.24, 2.45) is 5.73 Å². The van der Waals surface area contributed by atoms with Crippen LogP contribution in [0, 0.1) is 0 Å². The Morgan fingerprint density at radius 1 is 0.853 bits per heavy atom. The van der Waals surface area contributed by atoms with Crippen LogP contribution < -0.4 is 5.73 Å². The number of rotatable bonds is 13. The van der Waals surface area contributed by atoms with Gasteiger partial charge in [0.2, 0.25) is 0 Å². The fourth-order valence-corrected chi connectivity index (χ4v) is 4.20. The fourth-order valence-electron chi connectivity index (χ4n) is 4.20. The van der Waals surface area contributed by atoms with Crippen LogP contribution in [0.1, 0.15) is 87.8 Å². The molecule has 2 aromatic carbocycles. The Morgan fingerprint density at radius 2 is 1.47 bits per heavy atom. The maximum Gasteiger partial charge on any atom is 0.416 e. The van der Waals surface area contributed by atoms with E-state index in [9.17, 15) is 18.3 Å². The molecule has 8 heteroatoms. The lowest BCUT2D eigenvalue weighted by atomic mass is 10.0. The second-order valence-electron chi connectivity index (χ2n) is 8.95. The lowest BCUT2D eigenvalue weighted by molar-refractivity contribution is -0.137. The number of nitrogens with two attached hydrogens (primary N) is 1. The Morgan fingerprint density at radius 3 is 2.09 bits per heavy atom. The molecule has 0 aliphatic heterocycles. The molecule has 3 rings (SSSR count). The third-order valence-corrected chi connectivity index (χ3v) is 6.19. The lowest BCUT2D eigenvalue weighted by Gasteiger charge is -2.12. The maximum atomic E-state index is 13.0. The molecule has 3 N–H and O–H groups in total. The molecule has 0 fully saturated rings. The minimum absolute atomic E-state index is 0.0458. The zero-order valence-electron chi connectivity index (χ0n) is 19.9. The molecule has 0 saturated heterocycles. The van der Waals surface area contributed by atoms with E-state index in [1.165, 1.54) is 62.2 Å². The largest absolute Gasteiger partial charge is 0.505 e. The fraction of sp³-hybridized carbons (Fsp3) is 0.538. The quantitative estimate of drug-likeness (QED) is 0.259. The van der Waals surface area contributed by atoms with Crippen molar-refractivity contribution in [3.63, 3.8) is 0 Å². The number of aromatic hydroxyl groups is 1. The van der Waals surface area contributed by atoms with E-state index in [1.54, 1.807) is 6.07 Å². The first-order valence-corrected chi connectivity index (χ1v) is 12.3. The van der Waals surface area contributed by atoms with E-state index >= 15 is 0 Å². The van der Waals surface area contributed by atoms with Gasteiger partial charge in [-0.05, 0) is 48.2 Å². The number of aromatic nitrogens is 3. The number of nitrogens with zero attached hydrogens (tertiary/aromatic N) is 3. The molecular weight excluding hydrogens is 441 g/mol. The molecule has 0 aliphatic carbocycles. The van der Waals surface area contributed by atoms with Gasteiger partial charge in [-0.2, -0.15) is 13.2 Å². The number of unbranched alkanes of at least 4 members (excludes halogenated alkanes) is 9. The lowest BCUT2D eigenvalue weighted by Crippen LogP contribution is -2.05. The van der Waals surface area contributed by atoms with Gasteiger partial charge in [-0.15, -0.1) is 15.0 Å². The zero-order chi connectivity index (χ0) is 24.6. The van der Waals surface area contributed by atoms with Crippen molar-refractivity contribution in [1.29, 1.82) is 0 Å². The highest BCUT2D eigenvalue weighted by molar-refractivity contribution is 5.75. The van der Waals surface area contributed by atoms with Crippen molar-refractivity contribution in [1.82, 2.24) is 15.0 Å². The van der Waals surface area contributed by atoms with Crippen molar-refractivity contribution in [2.45, 2.75) is 90.3 Å². The molecule has 34 heavy (non-hydrogen) atoms. The average molecular weight is 477 g/mol. The Kier molecular flexibility index (Phi) is 9.33. The van der Waals surface area contributed by atoms with Crippen molar-refractivity contribution in [2.75, 3.05) is 0 Å². The van der Waals surface area contributed by atoms with Crippen molar-refractivity contribution < 1.29 is 18.3 Å². The number of aryl methyl sites for hydroxylation is 1. The number of fused-ring (bicyclic) bond motifs is 1. The molecule has 0 spiro atoms. The summed E-state index contributed by atoms with van der Waals surface area (Å²) < 4.78 is 39.1. The predicted molar refractivity (Wildman–Crippen MR) is 129 cm³/mol. The minimum atomic E-state index is -4.46. The highest BCUT2D eigenvalue weighted by Crippen LogP contribution is 2.32. The van der Waals surface area contributed by atoms with Gasteiger partial charge in [-0.1, -0.05) is 70.8 Å². The van der Waals surface area contributed by atoms with Crippen LogP contribution in [0.3, 0.4) is 0 Å². The van der Waals surface area contributed by atoms with Crippen LogP contribution in [-0.4, -0.2) is 20.1 Å². The number of hydrogen-bond donors (Lipinski definition) is 2. The van der Waals surface area contributed by atoms with Gasteiger partial charge in [0.1, 0.15) is 22.5 Å². The molecule has 186 valence electrons. The van der Waals surface area contributed by atoms with E-state index in [2.05, 4.69) is 17.1 Å². The highest BCUT2D eigenvalue weighted by atomic mass is 19.4. The van der Waals surface area contributed by atoms with Crippen LogP contribution in [0.5, 0.6) is 5.75 Å². The number of hydrogen-bond acceptors (Lipinski definition) is 4. The summed E-state index contributed by atoms with van der Waals surface area (Å²) in [4.78, 5) is 1.20. The van der Waals surface area contributed by atoms with Gasteiger partial charge in [0.15, 0.2) is 0 Å². The van der Waals surface area contributed by atoms with E-state index in [4.69, 9.17) is 5.73 Å². The van der Waals surface area contributed by atoms with Crippen molar-refractivity contribution in [3.8, 4) is 11.4 Å². The average Bonchev–Trinajstić information content (AvgIpc) is 3.24. The minimum Gasteiger partial charge on any atom is -0.505 e. The van der Waals surface area contributed by atoms with Crippen LogP contribution in [-0.2, 0) is 19.1 Å². The first-order chi connectivity index (χ1) is 16.3. The first kappa shape index (κ1) is 26.0. The van der Waals surface area contributed by atoms with Gasteiger partial charge in [0.25, 0.3) is 0 Å². The number of phenols is 1. The Hall–Kier alpha value is -2.61. The summed E-state index contributed by atoms with van der Waals surface area (Å²) in [6.07, 6.45) is 8.50. The smallest absolute Gasteiger partial charge is 0.416 e. The molecule has 0 radical (unpaired) electrons. The highest BCUT2D eigenvalue weighted by Gasteiger charge is 2.31. The van der Waals surface area contributed by atoms with Gasteiger partial charge >= 0.3 is 6.18 Å². The van der Waals surface area contributed by atoms with E-state index < -0.39 is 11.7 Å². The number of halogens is 3. The number of phenolic OH excluding ortho intramolecular Hbond substituents is 1. The van der Waals surface area contributed by atoms with Crippen LogP contribution in [0.25, 0.3) is 16.7 Å². The van der Waals surface area contributed by atoms with E-state index in [1.807, 2.05) is 6.07 Å². The molecule has 0 atom stereocenters. The van der Waals surface area contributed by atoms with Crippen LogP contribution >= 0.6 is 0 Å². The molecule has 1 heterocycles. The summed E-state index contributed by atoms with van der Waals surface area (Å²) in [7, 11) is 0. The SMILES string of the molecule is CCCCCCCCCCCCc1cc(CN)cc(-n2nc3ccc(C(F)(F)F)cc3n2)c1O. The molecule has 0 unspecified atom stereocenters. The third-order valence-electron chi connectivity index (χ3n) is 6.19. The van der Waals surface area contributed by atoms with Crippen molar-refractivity contribution >= 4 is 11.0 Å². The Labute approximate surface area is 199 Å². The van der Waals surface area contributed by atoms with Gasteiger partial charge in [-0.25, -0.2) is 0 Å². The maximum absolute atomic E-state index is 13.0.